The van der Waals surface area contributed by atoms with Crippen LogP contribution in [0.5, 0.6) is 0 Å². The molecule has 0 saturated heterocycles. The van der Waals surface area contributed by atoms with Crippen LogP contribution in [0, 0.1) is 6.92 Å². The number of carbonyl (C=O) groups is 2. The Labute approximate surface area is 224 Å². The summed E-state index contributed by atoms with van der Waals surface area (Å²) in [6.45, 7) is 8.22. The molecular formula is C30H35ClN2O2S. The first-order chi connectivity index (χ1) is 17.1. The van der Waals surface area contributed by atoms with Crippen molar-refractivity contribution in [3.63, 3.8) is 0 Å². The Balaban J connectivity index is 1.86. The van der Waals surface area contributed by atoms with Gasteiger partial charge in [0.1, 0.15) is 6.04 Å². The third-order valence-corrected chi connectivity index (χ3v) is 6.87. The molecule has 3 rings (SSSR count). The van der Waals surface area contributed by atoms with E-state index in [1.807, 2.05) is 75.4 Å². The number of hydrogen-bond donors (Lipinski definition) is 1. The van der Waals surface area contributed by atoms with E-state index in [9.17, 15) is 9.59 Å². The maximum absolute atomic E-state index is 13.7. The molecule has 190 valence electrons. The van der Waals surface area contributed by atoms with Gasteiger partial charge in [0.15, 0.2) is 0 Å². The molecule has 0 heterocycles. The highest BCUT2D eigenvalue weighted by atomic mass is 35.5. The van der Waals surface area contributed by atoms with Gasteiger partial charge in [-0.05, 0) is 63.1 Å². The predicted molar refractivity (Wildman–Crippen MR) is 150 cm³/mol. The topological polar surface area (TPSA) is 49.4 Å². The van der Waals surface area contributed by atoms with Crippen molar-refractivity contribution in [1.29, 1.82) is 0 Å². The van der Waals surface area contributed by atoms with Gasteiger partial charge in [-0.2, -0.15) is 0 Å². The molecule has 3 aromatic rings. The van der Waals surface area contributed by atoms with Crippen LogP contribution in [0.3, 0.4) is 0 Å². The SMILES string of the molecule is Cc1ccc(SCCC(=O)N(Cc2cccc(Cl)c2)C(Cc2ccccc2)C(=O)NC(C)(C)C)cc1. The van der Waals surface area contributed by atoms with Crippen LogP contribution in [0.1, 0.15) is 43.9 Å². The van der Waals surface area contributed by atoms with Crippen LogP contribution in [0.2, 0.25) is 5.02 Å². The van der Waals surface area contributed by atoms with Crippen LogP contribution < -0.4 is 5.32 Å². The second-order valence-corrected chi connectivity index (χ2v) is 11.6. The molecule has 1 atom stereocenters. The average molecular weight is 523 g/mol. The van der Waals surface area contributed by atoms with Gasteiger partial charge in [-0.3, -0.25) is 9.59 Å². The Morgan fingerprint density at radius 3 is 2.25 bits per heavy atom. The van der Waals surface area contributed by atoms with Gasteiger partial charge in [0.2, 0.25) is 11.8 Å². The summed E-state index contributed by atoms with van der Waals surface area (Å²) in [6.07, 6.45) is 0.757. The van der Waals surface area contributed by atoms with Crippen LogP contribution >= 0.6 is 23.4 Å². The van der Waals surface area contributed by atoms with Gasteiger partial charge < -0.3 is 10.2 Å². The van der Waals surface area contributed by atoms with Crippen molar-refractivity contribution in [3.05, 3.63) is 101 Å². The number of hydrogen-bond acceptors (Lipinski definition) is 3. The van der Waals surface area contributed by atoms with Crippen molar-refractivity contribution in [1.82, 2.24) is 10.2 Å². The smallest absolute Gasteiger partial charge is 0.243 e. The van der Waals surface area contributed by atoms with E-state index in [0.29, 0.717) is 30.2 Å². The van der Waals surface area contributed by atoms with E-state index < -0.39 is 11.6 Å². The highest BCUT2D eigenvalue weighted by Gasteiger charge is 2.32. The highest BCUT2D eigenvalue weighted by Crippen LogP contribution is 2.22. The quantitative estimate of drug-likeness (QED) is 0.302. The van der Waals surface area contributed by atoms with E-state index >= 15 is 0 Å². The van der Waals surface area contributed by atoms with Crippen LogP contribution in [0.25, 0.3) is 0 Å². The van der Waals surface area contributed by atoms with E-state index in [-0.39, 0.29) is 11.8 Å². The molecule has 36 heavy (non-hydrogen) atoms. The Kier molecular flexibility index (Phi) is 10.0. The zero-order valence-electron chi connectivity index (χ0n) is 21.5. The lowest BCUT2D eigenvalue weighted by Crippen LogP contribution is -2.54. The Morgan fingerprint density at radius 2 is 1.61 bits per heavy atom. The molecule has 0 aliphatic carbocycles. The first kappa shape index (κ1) is 27.8. The van der Waals surface area contributed by atoms with Crippen LogP contribution in [0.4, 0.5) is 0 Å². The van der Waals surface area contributed by atoms with Crippen molar-refractivity contribution in [3.8, 4) is 0 Å². The van der Waals surface area contributed by atoms with Crippen molar-refractivity contribution >= 4 is 35.2 Å². The molecule has 0 radical (unpaired) electrons. The molecule has 0 aliphatic rings. The molecule has 0 aromatic heterocycles. The maximum Gasteiger partial charge on any atom is 0.243 e. The molecule has 2 amide bonds. The number of benzene rings is 3. The first-order valence-electron chi connectivity index (χ1n) is 12.2. The molecule has 0 bridgehead atoms. The average Bonchev–Trinajstić information content (AvgIpc) is 2.82. The minimum atomic E-state index is -0.650. The Hall–Kier alpha value is -2.76. The fourth-order valence-electron chi connectivity index (χ4n) is 3.87. The van der Waals surface area contributed by atoms with Gasteiger partial charge in [-0.1, -0.05) is 71.8 Å². The summed E-state index contributed by atoms with van der Waals surface area (Å²) in [7, 11) is 0. The standard InChI is InChI=1S/C30H35ClN2O2S/c1-22-13-15-26(16-14-22)36-18-17-28(34)33(21-24-11-8-12-25(31)19-24)27(29(35)32-30(2,3)4)20-23-9-6-5-7-10-23/h5-16,19,27H,17-18,20-21H2,1-4H3,(H,32,35). The zero-order chi connectivity index (χ0) is 26.1. The molecule has 3 aromatic carbocycles. The minimum Gasteiger partial charge on any atom is -0.350 e. The summed E-state index contributed by atoms with van der Waals surface area (Å²) in [5.41, 5.74) is 2.68. The van der Waals surface area contributed by atoms with Gasteiger partial charge in [-0.25, -0.2) is 0 Å². The number of amides is 2. The second kappa shape index (κ2) is 13.0. The third-order valence-electron chi connectivity index (χ3n) is 5.62. The van der Waals surface area contributed by atoms with Crippen LogP contribution in [-0.4, -0.2) is 34.0 Å². The van der Waals surface area contributed by atoms with Gasteiger partial charge in [-0.15, -0.1) is 11.8 Å². The number of thioether (sulfide) groups is 1. The van der Waals surface area contributed by atoms with E-state index in [2.05, 4.69) is 36.5 Å². The number of aryl methyl sites for hydroxylation is 1. The first-order valence-corrected chi connectivity index (χ1v) is 13.6. The van der Waals surface area contributed by atoms with E-state index in [4.69, 9.17) is 11.6 Å². The van der Waals surface area contributed by atoms with E-state index in [0.717, 1.165) is 16.0 Å². The summed E-state index contributed by atoms with van der Waals surface area (Å²) in [5, 5.41) is 3.70. The zero-order valence-corrected chi connectivity index (χ0v) is 23.0. The number of nitrogens with one attached hydrogen (secondary N) is 1. The van der Waals surface area contributed by atoms with Gasteiger partial charge in [0.25, 0.3) is 0 Å². The fraction of sp³-hybridized carbons (Fsp3) is 0.333. The predicted octanol–water partition coefficient (Wildman–Crippen LogP) is 6.69. The Morgan fingerprint density at radius 1 is 0.944 bits per heavy atom. The largest absolute Gasteiger partial charge is 0.350 e. The van der Waals surface area contributed by atoms with Gasteiger partial charge >= 0.3 is 0 Å². The van der Waals surface area contributed by atoms with Crippen LogP contribution in [0.15, 0.2) is 83.8 Å². The third kappa shape index (κ3) is 9.03. The maximum atomic E-state index is 13.7. The summed E-state index contributed by atoms with van der Waals surface area (Å²) in [5.74, 6) is 0.417. The molecule has 0 spiro atoms. The molecule has 4 nitrogen and oxygen atoms in total. The summed E-state index contributed by atoms with van der Waals surface area (Å²) in [4.78, 5) is 30.1. The molecule has 1 N–H and O–H groups in total. The van der Waals surface area contributed by atoms with Crippen molar-refractivity contribution in [2.24, 2.45) is 0 Å². The van der Waals surface area contributed by atoms with Gasteiger partial charge in [0.05, 0.1) is 0 Å². The lowest BCUT2D eigenvalue weighted by molar-refractivity contribution is -0.141. The summed E-state index contributed by atoms with van der Waals surface area (Å²) < 4.78 is 0. The molecular weight excluding hydrogens is 488 g/mol. The number of halogens is 1. The monoisotopic (exact) mass is 522 g/mol. The van der Waals surface area contributed by atoms with E-state index in [1.54, 1.807) is 16.7 Å². The lowest BCUT2D eigenvalue weighted by Gasteiger charge is -2.34. The van der Waals surface area contributed by atoms with Crippen molar-refractivity contribution < 1.29 is 9.59 Å². The number of nitrogens with zero attached hydrogens (tertiary/aromatic N) is 1. The normalized spacial score (nSPS) is 12.1. The number of carbonyl (C=O) groups excluding carboxylic acids is 2. The van der Waals surface area contributed by atoms with Crippen molar-refractivity contribution in [2.75, 3.05) is 5.75 Å². The molecule has 6 heteroatoms. The van der Waals surface area contributed by atoms with Crippen molar-refractivity contribution in [2.45, 2.75) is 63.6 Å². The molecule has 1 unspecified atom stereocenters. The second-order valence-electron chi connectivity index (χ2n) is 10.0. The van der Waals surface area contributed by atoms with E-state index in [1.165, 1.54) is 5.56 Å². The Bertz CT molecular complexity index is 1140. The van der Waals surface area contributed by atoms with Gasteiger partial charge in [0, 0.05) is 40.6 Å². The molecule has 0 saturated carbocycles. The minimum absolute atomic E-state index is 0.0559. The summed E-state index contributed by atoms with van der Waals surface area (Å²) >= 11 is 7.89. The highest BCUT2D eigenvalue weighted by molar-refractivity contribution is 7.99. The molecule has 0 fully saturated rings. The summed E-state index contributed by atoms with van der Waals surface area (Å²) in [6, 6.07) is 24.9. The number of rotatable bonds is 10. The van der Waals surface area contributed by atoms with Crippen LogP contribution in [-0.2, 0) is 22.6 Å². The fourth-order valence-corrected chi connectivity index (χ4v) is 4.93. The lowest BCUT2D eigenvalue weighted by atomic mass is 10.0. The molecule has 0 aliphatic heterocycles.